The molecule has 0 atom stereocenters. The topological polar surface area (TPSA) is 52.0 Å². The van der Waals surface area contributed by atoms with Gasteiger partial charge >= 0.3 is 0 Å². The second-order valence-electron chi connectivity index (χ2n) is 3.84. The first-order chi connectivity index (χ1) is 4.95. The van der Waals surface area contributed by atoms with E-state index in [2.05, 4.69) is 5.32 Å². The van der Waals surface area contributed by atoms with E-state index in [0.29, 0.717) is 13.0 Å². The van der Waals surface area contributed by atoms with Crippen molar-refractivity contribution < 1.29 is 9.90 Å². The maximum Gasteiger partial charge on any atom is 0.220 e. The molecule has 0 heterocycles. The molecule has 0 bridgehead atoms. The third-order valence-corrected chi connectivity index (χ3v) is 1.14. The Morgan fingerprint density at radius 1 is 1.45 bits per heavy atom. The summed E-state index contributed by atoms with van der Waals surface area (Å²) in [5.41, 5.74) is 0.0477. The molecule has 0 spiro atoms. The third-order valence-electron chi connectivity index (χ3n) is 1.14. The van der Waals surface area contributed by atoms with Gasteiger partial charge in [-0.3, -0.25) is 4.79 Å². The maximum atomic E-state index is 11.0. The van der Waals surface area contributed by atoms with E-state index in [-0.39, 0.29) is 17.9 Å². The predicted molar refractivity (Wildman–Crippen MR) is 45.6 cm³/mol. The van der Waals surface area contributed by atoms with Crippen LogP contribution in [0.4, 0.5) is 0 Å². The number of hydrogen-bond donors (Lipinski definition) is 1. The lowest BCUT2D eigenvalue weighted by Crippen LogP contribution is -2.29. The molecule has 0 fully saturated rings. The van der Waals surface area contributed by atoms with Gasteiger partial charge in [-0.05, 0) is 5.41 Å². The van der Waals surface area contributed by atoms with Crippen molar-refractivity contribution in [1.82, 2.24) is 5.32 Å². The molecule has 0 aliphatic heterocycles. The molecule has 0 aromatic carbocycles. The van der Waals surface area contributed by atoms with E-state index < -0.39 is 0 Å². The molecular formula is C8H18NO2+. The van der Waals surface area contributed by atoms with Crippen molar-refractivity contribution in [2.24, 2.45) is 5.41 Å². The average Bonchev–Trinajstić information content (AvgIpc) is 1.79. The van der Waals surface area contributed by atoms with E-state index >= 15 is 0 Å². The molecule has 0 rings (SSSR count). The lowest BCUT2D eigenvalue weighted by molar-refractivity contribution is -0.122. The van der Waals surface area contributed by atoms with Crippen molar-refractivity contribution in [3.8, 4) is 0 Å². The highest BCUT2D eigenvalue weighted by Crippen LogP contribution is 2.17. The van der Waals surface area contributed by atoms with E-state index in [1.807, 2.05) is 20.8 Å². The third kappa shape index (κ3) is 7.33. The van der Waals surface area contributed by atoms with E-state index in [1.54, 1.807) is 0 Å². The second-order valence-corrected chi connectivity index (χ2v) is 3.84. The Labute approximate surface area is 67.8 Å². The summed E-state index contributed by atoms with van der Waals surface area (Å²) in [5, 5.41) is 9.47. The van der Waals surface area contributed by atoms with Crippen LogP contribution in [0.15, 0.2) is 0 Å². The summed E-state index contributed by atoms with van der Waals surface area (Å²) < 4.78 is 0. The highest BCUT2D eigenvalue weighted by molar-refractivity contribution is 5.76. The van der Waals surface area contributed by atoms with Gasteiger partial charge in [-0.25, -0.2) is 0 Å². The van der Waals surface area contributed by atoms with Gasteiger partial charge < -0.3 is 10.4 Å². The molecule has 0 aromatic heterocycles. The van der Waals surface area contributed by atoms with Crippen molar-refractivity contribution in [3.05, 3.63) is 0 Å². The summed E-state index contributed by atoms with van der Waals surface area (Å²) in [5.74, 6) is 0.0461. The van der Waals surface area contributed by atoms with E-state index in [0.717, 1.165) is 0 Å². The molecule has 0 aliphatic carbocycles. The second kappa shape index (κ2) is 4.34. The van der Waals surface area contributed by atoms with Crippen molar-refractivity contribution in [2.75, 3.05) is 13.2 Å². The minimum Gasteiger partial charge on any atom is -0.444 e. The fourth-order valence-electron chi connectivity index (χ4n) is 0.746. The number of carbonyl (C=O) groups is 1. The van der Waals surface area contributed by atoms with Crippen LogP contribution in [0.3, 0.4) is 0 Å². The normalized spacial score (nSPS) is 11.3. The van der Waals surface area contributed by atoms with Gasteiger partial charge in [-0.2, -0.15) is 0 Å². The standard InChI is InChI=1S/C8H17NO2/c1-8(2,3)6-7(11)9-4-5-10/h10H,4-6H2,1-3H3,(H,9,11)/p+1. The minimum atomic E-state index is 0.0461. The van der Waals surface area contributed by atoms with Crippen LogP contribution < -0.4 is 5.32 Å². The van der Waals surface area contributed by atoms with Crippen molar-refractivity contribution >= 4 is 5.91 Å². The zero-order valence-corrected chi connectivity index (χ0v) is 7.53. The Kier molecular flexibility index (Phi) is 4.11. The van der Waals surface area contributed by atoms with Crippen LogP contribution in [-0.4, -0.2) is 24.2 Å². The lowest BCUT2D eigenvalue weighted by Gasteiger charge is -2.16. The van der Waals surface area contributed by atoms with Gasteiger partial charge in [0.15, 0.2) is 6.61 Å². The molecule has 0 radical (unpaired) electrons. The molecule has 66 valence electrons. The minimum absolute atomic E-state index is 0.0461. The summed E-state index contributed by atoms with van der Waals surface area (Å²) in [6.45, 7) is 6.79. The zero-order valence-electron chi connectivity index (χ0n) is 7.53. The molecule has 0 unspecified atom stereocenters. The van der Waals surface area contributed by atoms with E-state index in [4.69, 9.17) is 5.11 Å². The first-order valence-electron chi connectivity index (χ1n) is 3.87. The fourth-order valence-corrected chi connectivity index (χ4v) is 0.746. The van der Waals surface area contributed by atoms with E-state index in [1.165, 1.54) is 0 Å². The molecular weight excluding hydrogens is 142 g/mol. The molecule has 0 aromatic rings. The molecule has 3 N–H and O–H groups in total. The molecule has 0 saturated carbocycles. The molecule has 3 heteroatoms. The van der Waals surface area contributed by atoms with Crippen LogP contribution in [0.25, 0.3) is 0 Å². The molecule has 1 amide bonds. The highest BCUT2D eigenvalue weighted by Gasteiger charge is 2.14. The van der Waals surface area contributed by atoms with Gasteiger partial charge in [0.1, 0.15) is 0 Å². The average molecular weight is 160 g/mol. The van der Waals surface area contributed by atoms with Crippen LogP contribution in [0, 0.1) is 5.41 Å². The van der Waals surface area contributed by atoms with Crippen molar-refractivity contribution in [2.45, 2.75) is 27.2 Å². The van der Waals surface area contributed by atoms with E-state index in [9.17, 15) is 4.79 Å². The van der Waals surface area contributed by atoms with Crippen LogP contribution >= 0.6 is 0 Å². The van der Waals surface area contributed by atoms with Gasteiger partial charge in [0.25, 0.3) is 0 Å². The van der Waals surface area contributed by atoms with Gasteiger partial charge in [-0.15, -0.1) is 0 Å². The van der Waals surface area contributed by atoms with Gasteiger partial charge in [0, 0.05) is 6.42 Å². The molecule has 11 heavy (non-hydrogen) atoms. The van der Waals surface area contributed by atoms with Crippen molar-refractivity contribution in [3.63, 3.8) is 0 Å². The van der Waals surface area contributed by atoms with Crippen LogP contribution in [-0.2, 0) is 4.79 Å². The van der Waals surface area contributed by atoms with Gasteiger partial charge in [-0.1, -0.05) is 20.8 Å². The number of nitrogens with one attached hydrogen (secondary N) is 1. The first kappa shape index (κ1) is 10.4. The molecule has 0 saturated heterocycles. The Bertz CT molecular complexity index is 127. The van der Waals surface area contributed by atoms with Gasteiger partial charge in [0.05, 0.1) is 6.54 Å². The van der Waals surface area contributed by atoms with Gasteiger partial charge in [0.2, 0.25) is 5.91 Å². The van der Waals surface area contributed by atoms with Crippen molar-refractivity contribution in [1.29, 1.82) is 0 Å². The lowest BCUT2D eigenvalue weighted by atomic mass is 9.92. The fraction of sp³-hybridized carbons (Fsp3) is 0.875. The number of hydrogen-bond acceptors (Lipinski definition) is 1. The Morgan fingerprint density at radius 3 is 2.36 bits per heavy atom. The molecule has 3 nitrogen and oxygen atoms in total. The Morgan fingerprint density at radius 2 is 2.00 bits per heavy atom. The monoisotopic (exact) mass is 160 g/mol. The van der Waals surface area contributed by atoms with Crippen LogP contribution in [0.2, 0.25) is 0 Å². The summed E-state index contributed by atoms with van der Waals surface area (Å²) in [7, 11) is 0. The SMILES string of the molecule is CC(C)(C)CC(=O)NCC[OH2+]. The Balaban J connectivity index is 3.53. The quantitative estimate of drug-likeness (QED) is 0.592. The van der Waals surface area contributed by atoms with Crippen LogP contribution in [0.1, 0.15) is 27.2 Å². The smallest absolute Gasteiger partial charge is 0.220 e. The maximum absolute atomic E-state index is 11.0. The number of amides is 1. The Hall–Kier alpha value is -0.570. The zero-order chi connectivity index (χ0) is 8.91. The number of rotatable bonds is 3. The summed E-state index contributed by atoms with van der Waals surface area (Å²) >= 11 is 0. The summed E-state index contributed by atoms with van der Waals surface area (Å²) in [6.07, 6.45) is 0.535. The molecule has 0 aliphatic rings. The predicted octanol–water partition coefficient (Wildman–Crippen LogP) is 0.263. The number of carbonyl (C=O) groups excluding carboxylic acids is 1. The highest BCUT2D eigenvalue weighted by atomic mass is 16.3. The summed E-state index contributed by atoms with van der Waals surface area (Å²) in [6, 6.07) is 0. The summed E-state index contributed by atoms with van der Waals surface area (Å²) in [4.78, 5) is 11.0. The largest absolute Gasteiger partial charge is 0.444 e. The first-order valence-corrected chi connectivity index (χ1v) is 3.87. The van der Waals surface area contributed by atoms with Crippen LogP contribution in [0.5, 0.6) is 0 Å².